The molecule has 2 aromatic rings. The quantitative estimate of drug-likeness (QED) is 0.863. The molecule has 6 nitrogen and oxygen atoms in total. The maximum atomic E-state index is 11.8. The average molecular weight is 292 g/mol. The number of rotatable bonds is 5. The van der Waals surface area contributed by atoms with Crippen LogP contribution in [0, 0.1) is 0 Å². The second kappa shape index (κ2) is 5.89. The van der Waals surface area contributed by atoms with Gasteiger partial charge >= 0.3 is 0 Å². The van der Waals surface area contributed by atoms with Gasteiger partial charge in [-0.2, -0.15) is 5.10 Å². The highest BCUT2D eigenvalue weighted by Crippen LogP contribution is 2.09. The fourth-order valence-corrected chi connectivity index (χ4v) is 2.38. The van der Waals surface area contributed by atoms with E-state index in [0.29, 0.717) is 11.4 Å². The molecule has 0 aliphatic rings. The molecule has 0 unspecified atom stereocenters. The van der Waals surface area contributed by atoms with Crippen LogP contribution < -0.4 is 10.5 Å². The van der Waals surface area contributed by atoms with E-state index in [9.17, 15) is 8.42 Å². The van der Waals surface area contributed by atoms with Crippen LogP contribution in [0.3, 0.4) is 0 Å². The predicted octanol–water partition coefficient (Wildman–Crippen LogP) is 1.09. The highest BCUT2D eigenvalue weighted by Gasteiger charge is 2.09. The van der Waals surface area contributed by atoms with E-state index in [-0.39, 0.29) is 6.54 Å². The molecule has 0 atom stereocenters. The van der Waals surface area contributed by atoms with E-state index >= 15 is 0 Å². The summed E-state index contributed by atoms with van der Waals surface area (Å²) in [5, 5.41) is 5.08. The molecule has 106 valence electrons. The van der Waals surface area contributed by atoms with Crippen molar-refractivity contribution in [3.63, 3.8) is 0 Å². The number of hydrogen-bond donors (Lipinski definition) is 2. The van der Waals surface area contributed by atoms with Gasteiger partial charge in [0, 0.05) is 24.6 Å². The normalized spacial score (nSPS) is 12.1. The third-order valence-corrected chi connectivity index (χ3v) is 3.81. The van der Waals surface area contributed by atoms with Crippen LogP contribution in [0.2, 0.25) is 0 Å². The van der Waals surface area contributed by atoms with Gasteiger partial charge in [0.15, 0.2) is 0 Å². The van der Waals surface area contributed by atoms with Crippen molar-refractivity contribution in [1.29, 1.82) is 0 Å². The molecule has 2 rings (SSSR count). The third kappa shape index (κ3) is 3.69. The van der Waals surface area contributed by atoms with E-state index in [4.69, 9.17) is 5.73 Å². The molecule has 1 aromatic heterocycles. The minimum absolute atomic E-state index is 0.112. The van der Waals surface area contributed by atoms with Crippen molar-refractivity contribution in [2.75, 3.05) is 5.73 Å². The smallest absolute Gasteiger partial charge is 0.234 e. The van der Waals surface area contributed by atoms with E-state index in [1.165, 1.54) is 10.8 Å². The Hall–Kier alpha value is -2.12. The third-order valence-electron chi connectivity index (χ3n) is 2.77. The Morgan fingerprint density at radius 1 is 1.35 bits per heavy atom. The van der Waals surface area contributed by atoms with Crippen LogP contribution in [0.25, 0.3) is 6.08 Å². The highest BCUT2D eigenvalue weighted by atomic mass is 32.2. The topological polar surface area (TPSA) is 90.0 Å². The summed E-state index contributed by atoms with van der Waals surface area (Å²) in [4.78, 5) is 0. The summed E-state index contributed by atoms with van der Waals surface area (Å²) in [5.41, 5.74) is 7.21. The number of benzene rings is 1. The Labute approximate surface area is 118 Å². The zero-order chi connectivity index (χ0) is 14.6. The van der Waals surface area contributed by atoms with Gasteiger partial charge in [-0.15, -0.1) is 0 Å². The molecule has 1 aromatic carbocycles. The lowest BCUT2D eigenvalue weighted by Gasteiger charge is -2.02. The number of hydrogen-bond acceptors (Lipinski definition) is 4. The Balaban J connectivity index is 2.01. The molecular formula is C13H16N4O2S. The minimum Gasteiger partial charge on any atom is -0.384 e. The van der Waals surface area contributed by atoms with Crippen molar-refractivity contribution in [1.82, 2.24) is 14.5 Å². The second-order valence-electron chi connectivity index (χ2n) is 4.26. The minimum atomic E-state index is -3.51. The molecule has 0 aliphatic heterocycles. The summed E-state index contributed by atoms with van der Waals surface area (Å²) in [6.45, 7) is 0.112. The molecule has 0 saturated carbocycles. The maximum absolute atomic E-state index is 11.8. The van der Waals surface area contributed by atoms with Crippen LogP contribution >= 0.6 is 0 Å². The van der Waals surface area contributed by atoms with Crippen molar-refractivity contribution in [3.8, 4) is 0 Å². The lowest BCUT2D eigenvalue weighted by molar-refractivity contribution is 0.591. The van der Waals surface area contributed by atoms with Crippen molar-refractivity contribution < 1.29 is 8.42 Å². The largest absolute Gasteiger partial charge is 0.384 e. The van der Waals surface area contributed by atoms with E-state index in [2.05, 4.69) is 9.82 Å². The summed E-state index contributed by atoms with van der Waals surface area (Å²) in [5.74, 6) is 0.444. The summed E-state index contributed by atoms with van der Waals surface area (Å²) in [6.07, 6.45) is 3.08. The highest BCUT2D eigenvalue weighted by molar-refractivity contribution is 7.92. The van der Waals surface area contributed by atoms with Crippen molar-refractivity contribution in [2.24, 2.45) is 7.05 Å². The van der Waals surface area contributed by atoms with Gasteiger partial charge in [-0.25, -0.2) is 13.1 Å². The van der Waals surface area contributed by atoms with E-state index < -0.39 is 10.0 Å². The summed E-state index contributed by atoms with van der Waals surface area (Å²) < 4.78 is 27.6. The van der Waals surface area contributed by atoms with Crippen LogP contribution in [0.1, 0.15) is 11.1 Å². The van der Waals surface area contributed by atoms with Gasteiger partial charge in [-0.3, -0.25) is 4.68 Å². The van der Waals surface area contributed by atoms with Gasteiger partial charge in [0.25, 0.3) is 0 Å². The average Bonchev–Trinajstić information content (AvgIpc) is 2.76. The Morgan fingerprint density at radius 3 is 2.65 bits per heavy atom. The number of aryl methyl sites for hydroxylation is 1. The first-order valence-corrected chi connectivity index (χ1v) is 7.52. The Bertz CT molecular complexity index is 705. The van der Waals surface area contributed by atoms with Crippen LogP contribution in [0.15, 0.2) is 41.9 Å². The molecule has 7 heteroatoms. The van der Waals surface area contributed by atoms with E-state index in [1.54, 1.807) is 13.2 Å². The zero-order valence-electron chi connectivity index (χ0n) is 11.0. The molecule has 0 fully saturated rings. The van der Waals surface area contributed by atoms with E-state index in [1.807, 2.05) is 30.3 Å². The lowest BCUT2D eigenvalue weighted by Crippen LogP contribution is -2.21. The number of sulfonamides is 1. The van der Waals surface area contributed by atoms with Crippen LogP contribution in [0.4, 0.5) is 5.82 Å². The van der Waals surface area contributed by atoms with Gasteiger partial charge < -0.3 is 5.73 Å². The van der Waals surface area contributed by atoms with Gasteiger partial charge in [0.1, 0.15) is 5.82 Å². The first kappa shape index (κ1) is 14.3. The molecule has 0 aliphatic carbocycles. The van der Waals surface area contributed by atoms with E-state index in [0.717, 1.165) is 11.0 Å². The number of nitrogens with zero attached hydrogens (tertiary/aromatic N) is 2. The maximum Gasteiger partial charge on any atom is 0.234 e. The summed E-state index contributed by atoms with van der Waals surface area (Å²) in [6, 6.07) is 9.21. The number of nitrogen functional groups attached to an aromatic ring is 1. The molecular weight excluding hydrogens is 276 g/mol. The molecule has 0 bridgehead atoms. The molecule has 0 spiro atoms. The number of nitrogens with two attached hydrogens (primary N) is 1. The van der Waals surface area contributed by atoms with Crippen LogP contribution in [-0.4, -0.2) is 18.2 Å². The number of aromatic nitrogens is 2. The van der Waals surface area contributed by atoms with Crippen LogP contribution in [0.5, 0.6) is 0 Å². The molecule has 3 N–H and O–H groups in total. The predicted molar refractivity (Wildman–Crippen MR) is 78.9 cm³/mol. The number of nitrogens with one attached hydrogen (secondary N) is 1. The molecule has 0 radical (unpaired) electrons. The molecule has 0 amide bonds. The monoisotopic (exact) mass is 292 g/mol. The molecule has 1 heterocycles. The van der Waals surface area contributed by atoms with Crippen molar-refractivity contribution in [2.45, 2.75) is 6.54 Å². The van der Waals surface area contributed by atoms with Gasteiger partial charge in [-0.1, -0.05) is 30.3 Å². The van der Waals surface area contributed by atoms with Gasteiger partial charge in [-0.05, 0) is 11.6 Å². The first-order valence-electron chi connectivity index (χ1n) is 5.97. The standard InChI is InChI=1S/C13H16N4O2S/c1-17-13(14)12(9-15-17)10-16-20(18,19)8-7-11-5-3-2-4-6-11/h2-9,16H,10,14H2,1H3. The summed E-state index contributed by atoms with van der Waals surface area (Å²) >= 11 is 0. The SMILES string of the molecule is Cn1ncc(CNS(=O)(=O)C=Cc2ccccc2)c1N. The zero-order valence-corrected chi connectivity index (χ0v) is 11.8. The van der Waals surface area contributed by atoms with Crippen molar-refractivity contribution >= 4 is 21.9 Å². The van der Waals surface area contributed by atoms with Gasteiger partial charge in [0.2, 0.25) is 10.0 Å². The second-order valence-corrected chi connectivity index (χ2v) is 5.91. The number of anilines is 1. The molecule has 0 saturated heterocycles. The first-order chi connectivity index (χ1) is 9.48. The van der Waals surface area contributed by atoms with Gasteiger partial charge in [0.05, 0.1) is 6.20 Å². The molecule has 20 heavy (non-hydrogen) atoms. The fourth-order valence-electron chi connectivity index (χ4n) is 1.59. The van der Waals surface area contributed by atoms with Crippen LogP contribution in [-0.2, 0) is 23.6 Å². The van der Waals surface area contributed by atoms with Crippen molar-refractivity contribution in [3.05, 3.63) is 53.1 Å². The summed E-state index contributed by atoms with van der Waals surface area (Å²) in [7, 11) is -1.81. The lowest BCUT2D eigenvalue weighted by atomic mass is 10.2. The Morgan fingerprint density at radius 2 is 2.05 bits per heavy atom. The fraction of sp³-hybridized carbons (Fsp3) is 0.154. The Kier molecular flexibility index (Phi) is 4.21.